The molecule has 3 rings (SSSR count). The van der Waals surface area contributed by atoms with Gasteiger partial charge in [-0.1, -0.05) is 0 Å². The first kappa shape index (κ1) is 21.3. The van der Waals surface area contributed by atoms with Crippen molar-refractivity contribution >= 4 is 11.9 Å². The average molecular weight is 395 g/mol. The molecule has 0 atom stereocenters. The van der Waals surface area contributed by atoms with Gasteiger partial charge in [0.2, 0.25) is 5.91 Å². The molecule has 2 aliphatic heterocycles. The quantitative estimate of drug-likeness (QED) is 0.298. The molecule has 2 heterocycles. The van der Waals surface area contributed by atoms with E-state index in [1.807, 2.05) is 0 Å². The second-order valence-electron chi connectivity index (χ2n) is 8.27. The van der Waals surface area contributed by atoms with Gasteiger partial charge < -0.3 is 25.5 Å². The summed E-state index contributed by atoms with van der Waals surface area (Å²) in [4.78, 5) is 23.8. The molecule has 2 saturated heterocycles. The third kappa shape index (κ3) is 7.22. The summed E-state index contributed by atoms with van der Waals surface area (Å²) in [6.07, 6.45) is 5.02. The van der Waals surface area contributed by atoms with Crippen molar-refractivity contribution in [3.8, 4) is 0 Å². The van der Waals surface area contributed by atoms with Gasteiger partial charge in [0.15, 0.2) is 5.96 Å². The second kappa shape index (κ2) is 11.0. The number of rotatable bonds is 8. The zero-order chi connectivity index (χ0) is 19.8. The number of hydrogen-bond acceptors (Lipinski definition) is 5. The van der Waals surface area contributed by atoms with Crippen LogP contribution in [0.3, 0.4) is 0 Å². The Labute approximate surface area is 169 Å². The maximum Gasteiger partial charge on any atom is 0.234 e. The maximum absolute atomic E-state index is 12.0. The molecule has 0 aromatic rings. The molecule has 0 radical (unpaired) electrons. The molecule has 0 unspecified atom stereocenters. The van der Waals surface area contributed by atoms with E-state index in [2.05, 4.69) is 32.3 Å². The van der Waals surface area contributed by atoms with Gasteiger partial charge in [-0.2, -0.15) is 0 Å². The van der Waals surface area contributed by atoms with E-state index in [1.165, 1.54) is 0 Å². The molecule has 1 saturated carbocycles. The lowest BCUT2D eigenvalue weighted by molar-refractivity contribution is -0.122. The lowest BCUT2D eigenvalue weighted by Crippen LogP contribution is -2.54. The fourth-order valence-electron chi connectivity index (χ4n) is 3.87. The van der Waals surface area contributed by atoms with Crippen LogP contribution in [0.5, 0.6) is 0 Å². The number of carbonyl (C=O) groups is 1. The number of nitrogens with one attached hydrogen (secondary N) is 2. The van der Waals surface area contributed by atoms with Gasteiger partial charge in [-0.25, -0.2) is 0 Å². The number of nitrogens with zero attached hydrogens (tertiary/aromatic N) is 4. The van der Waals surface area contributed by atoms with Gasteiger partial charge in [-0.15, -0.1) is 0 Å². The Kier molecular flexibility index (Phi) is 8.36. The highest BCUT2D eigenvalue weighted by Gasteiger charge is 2.26. The predicted molar refractivity (Wildman–Crippen MR) is 111 cm³/mol. The van der Waals surface area contributed by atoms with Crippen molar-refractivity contribution < 1.29 is 9.90 Å². The molecule has 8 heteroatoms. The van der Waals surface area contributed by atoms with Crippen LogP contribution in [0.15, 0.2) is 4.99 Å². The molecule has 0 bridgehead atoms. The molecule has 0 aromatic carbocycles. The van der Waals surface area contributed by atoms with E-state index < -0.39 is 0 Å². The van der Waals surface area contributed by atoms with Crippen molar-refractivity contribution in [3.63, 3.8) is 0 Å². The molecule has 3 fully saturated rings. The number of guanidine groups is 1. The molecule has 0 spiro atoms. The zero-order valence-electron chi connectivity index (χ0n) is 17.4. The Morgan fingerprint density at radius 1 is 1.04 bits per heavy atom. The average Bonchev–Trinajstić information content (AvgIpc) is 3.50. The van der Waals surface area contributed by atoms with Gasteiger partial charge in [-0.3, -0.25) is 14.7 Å². The topological polar surface area (TPSA) is 83.4 Å². The number of piperazine rings is 1. The fraction of sp³-hybridized carbons (Fsp3) is 0.900. The molecular weight excluding hydrogens is 356 g/mol. The number of aliphatic hydroxyl groups is 1. The summed E-state index contributed by atoms with van der Waals surface area (Å²) in [5.41, 5.74) is 0. The van der Waals surface area contributed by atoms with Crippen molar-refractivity contribution in [3.05, 3.63) is 0 Å². The highest BCUT2D eigenvalue weighted by Crippen LogP contribution is 2.18. The fourth-order valence-corrected chi connectivity index (χ4v) is 3.87. The van der Waals surface area contributed by atoms with Crippen LogP contribution >= 0.6 is 0 Å². The van der Waals surface area contributed by atoms with Crippen molar-refractivity contribution in [2.24, 2.45) is 4.99 Å². The van der Waals surface area contributed by atoms with E-state index in [0.29, 0.717) is 12.6 Å². The van der Waals surface area contributed by atoms with Crippen LogP contribution in [0.1, 0.15) is 39.0 Å². The molecule has 28 heavy (non-hydrogen) atoms. The van der Waals surface area contributed by atoms with E-state index in [1.54, 1.807) is 0 Å². The summed E-state index contributed by atoms with van der Waals surface area (Å²) in [5, 5.41) is 16.1. The third-order valence-electron chi connectivity index (χ3n) is 5.77. The minimum atomic E-state index is -0.104. The van der Waals surface area contributed by atoms with Crippen molar-refractivity contribution in [1.82, 2.24) is 25.3 Å². The Hall–Kier alpha value is -1.38. The summed E-state index contributed by atoms with van der Waals surface area (Å²) < 4.78 is 0. The van der Waals surface area contributed by atoms with E-state index in [0.717, 1.165) is 97.0 Å². The van der Waals surface area contributed by atoms with E-state index in [9.17, 15) is 9.90 Å². The number of aliphatic hydroxyl groups excluding tert-OH is 1. The molecule has 3 N–H and O–H groups in total. The Balaban J connectivity index is 1.36. The minimum Gasteiger partial charge on any atom is -0.393 e. The van der Waals surface area contributed by atoms with Gasteiger partial charge in [-0.05, 0) is 45.6 Å². The van der Waals surface area contributed by atoms with Crippen LogP contribution in [-0.4, -0.2) is 109 Å². The lowest BCUT2D eigenvalue weighted by atomic mass is 10.1. The first-order chi connectivity index (χ1) is 13.6. The zero-order valence-corrected chi connectivity index (χ0v) is 17.4. The van der Waals surface area contributed by atoms with Crippen LogP contribution in [-0.2, 0) is 4.79 Å². The molecule has 1 aliphatic carbocycles. The van der Waals surface area contributed by atoms with Crippen LogP contribution in [0, 0.1) is 0 Å². The minimum absolute atomic E-state index is 0.104. The number of amides is 1. The molecule has 0 aromatic heterocycles. The van der Waals surface area contributed by atoms with Gasteiger partial charge in [0.05, 0.1) is 12.6 Å². The number of hydrogen-bond donors (Lipinski definition) is 3. The summed E-state index contributed by atoms with van der Waals surface area (Å²) in [6, 6.07) is 0.441. The van der Waals surface area contributed by atoms with Crippen LogP contribution < -0.4 is 10.6 Å². The van der Waals surface area contributed by atoms with E-state index >= 15 is 0 Å². The van der Waals surface area contributed by atoms with Gasteiger partial charge in [0, 0.05) is 58.4 Å². The van der Waals surface area contributed by atoms with E-state index in [-0.39, 0.29) is 12.0 Å². The monoisotopic (exact) mass is 394 g/mol. The molecule has 8 nitrogen and oxygen atoms in total. The Bertz CT molecular complexity index is 509. The lowest BCUT2D eigenvalue weighted by Gasteiger charge is -2.36. The van der Waals surface area contributed by atoms with Crippen molar-refractivity contribution in [1.29, 1.82) is 0 Å². The molecule has 3 aliphatic rings. The normalized spacial score (nSPS) is 23.1. The summed E-state index contributed by atoms with van der Waals surface area (Å²) in [7, 11) is 0. The van der Waals surface area contributed by atoms with Gasteiger partial charge in [0.25, 0.3) is 0 Å². The second-order valence-corrected chi connectivity index (χ2v) is 8.27. The van der Waals surface area contributed by atoms with Crippen molar-refractivity contribution in [2.75, 3.05) is 65.4 Å². The molecular formula is C20H38N6O2. The van der Waals surface area contributed by atoms with E-state index in [4.69, 9.17) is 4.99 Å². The summed E-state index contributed by atoms with van der Waals surface area (Å²) in [6.45, 7) is 11.0. The van der Waals surface area contributed by atoms with Gasteiger partial charge >= 0.3 is 0 Å². The smallest absolute Gasteiger partial charge is 0.234 e. The highest BCUT2D eigenvalue weighted by atomic mass is 16.3. The number of carbonyl (C=O) groups excluding carboxylic acids is 1. The first-order valence-electron chi connectivity index (χ1n) is 11.1. The summed E-state index contributed by atoms with van der Waals surface area (Å²) >= 11 is 0. The Morgan fingerprint density at radius 2 is 1.75 bits per heavy atom. The largest absolute Gasteiger partial charge is 0.393 e. The van der Waals surface area contributed by atoms with Crippen LogP contribution in [0.2, 0.25) is 0 Å². The standard InChI is InChI=1S/C20H38N6O2/c1-2-21-20(22-8-3-9-24-10-6-18(27)7-11-24)26-14-12-25(13-15-26)16-19(28)23-17-4-5-17/h17-18,27H,2-16H2,1H3,(H,21,22)(H,23,28). The molecule has 160 valence electrons. The highest BCUT2D eigenvalue weighted by molar-refractivity contribution is 5.80. The molecule has 1 amide bonds. The predicted octanol–water partition coefficient (Wildman–Crippen LogP) is -0.305. The SMILES string of the molecule is CCNC(=NCCCN1CCC(O)CC1)N1CCN(CC(=O)NC2CC2)CC1. The first-order valence-corrected chi connectivity index (χ1v) is 11.1. The van der Waals surface area contributed by atoms with Crippen LogP contribution in [0.25, 0.3) is 0 Å². The maximum atomic E-state index is 12.0. The Morgan fingerprint density at radius 3 is 2.39 bits per heavy atom. The van der Waals surface area contributed by atoms with Crippen molar-refractivity contribution in [2.45, 2.75) is 51.2 Å². The van der Waals surface area contributed by atoms with Crippen LogP contribution in [0.4, 0.5) is 0 Å². The summed E-state index contributed by atoms with van der Waals surface area (Å²) in [5.74, 6) is 1.17. The number of aliphatic imine (C=N–C) groups is 1. The third-order valence-corrected chi connectivity index (χ3v) is 5.77. The number of piperidine rings is 1. The van der Waals surface area contributed by atoms with Gasteiger partial charge in [0.1, 0.15) is 0 Å². The number of likely N-dealkylation sites (tertiary alicyclic amines) is 1.